The van der Waals surface area contributed by atoms with E-state index < -0.39 is 10.5 Å². The summed E-state index contributed by atoms with van der Waals surface area (Å²) in [5.74, 6) is 0.638. The number of methoxy groups -OCH3 is 1. The molecule has 1 aliphatic rings. The number of hydrogen-bond donors (Lipinski definition) is 0. The van der Waals surface area contributed by atoms with Gasteiger partial charge < -0.3 is 19.3 Å². The third-order valence-corrected chi connectivity index (χ3v) is 5.50. The van der Waals surface area contributed by atoms with Gasteiger partial charge >= 0.3 is 0 Å². The Hall–Kier alpha value is -3.92. The van der Waals surface area contributed by atoms with Crippen molar-refractivity contribution < 1.29 is 14.4 Å². The van der Waals surface area contributed by atoms with Crippen LogP contribution in [-0.2, 0) is 4.74 Å². The number of rotatable bonds is 6. The van der Waals surface area contributed by atoms with E-state index in [9.17, 15) is 14.9 Å². The molecule has 0 amide bonds. The monoisotopic (exact) mass is 451 g/mol. The summed E-state index contributed by atoms with van der Waals surface area (Å²) < 4.78 is 11.8. The molecule has 0 atom stereocenters. The van der Waals surface area contributed by atoms with E-state index in [0.717, 1.165) is 15.9 Å². The van der Waals surface area contributed by atoms with Crippen molar-refractivity contribution in [3.05, 3.63) is 69.0 Å². The van der Waals surface area contributed by atoms with Crippen molar-refractivity contribution in [2.24, 2.45) is 0 Å². The Morgan fingerprint density at radius 1 is 1.12 bits per heavy atom. The molecule has 172 valence electrons. The maximum atomic E-state index is 13.4. The Kier molecular flexibility index (Phi) is 6.27. The van der Waals surface area contributed by atoms with Crippen LogP contribution in [0.2, 0.25) is 0 Å². The molecule has 2 heterocycles. The first kappa shape index (κ1) is 22.3. The summed E-state index contributed by atoms with van der Waals surface area (Å²) >= 11 is 0. The minimum atomic E-state index is -0.500. The van der Waals surface area contributed by atoms with Gasteiger partial charge in [-0.05, 0) is 30.3 Å². The van der Waals surface area contributed by atoms with Crippen LogP contribution in [-0.4, -0.2) is 62.2 Å². The van der Waals surface area contributed by atoms with Crippen LogP contribution in [0.25, 0.3) is 16.9 Å². The fraction of sp³-hybridized carbons (Fsp3) is 0.304. The van der Waals surface area contributed by atoms with Crippen LogP contribution in [0, 0.1) is 10.1 Å². The number of ether oxygens (including phenoxy) is 2. The molecule has 1 aromatic heterocycles. The molecule has 0 bridgehead atoms. The highest BCUT2D eigenvalue weighted by Crippen LogP contribution is 2.30. The van der Waals surface area contributed by atoms with Crippen molar-refractivity contribution in [1.82, 2.24) is 9.78 Å². The predicted molar refractivity (Wildman–Crippen MR) is 126 cm³/mol. The lowest BCUT2D eigenvalue weighted by molar-refractivity contribution is -0.384. The Labute approximate surface area is 190 Å². The van der Waals surface area contributed by atoms with Gasteiger partial charge in [-0.15, -0.1) is 0 Å². The lowest BCUT2D eigenvalue weighted by atomic mass is 10.1. The minimum absolute atomic E-state index is 0.113. The third kappa shape index (κ3) is 4.51. The molecule has 1 fully saturated rings. The molecule has 1 aliphatic heterocycles. The molecule has 10 heteroatoms. The topological polar surface area (TPSA) is 103 Å². The predicted octanol–water partition coefficient (Wildman–Crippen LogP) is 2.72. The second-order valence-corrected chi connectivity index (χ2v) is 7.79. The highest BCUT2D eigenvalue weighted by molar-refractivity contribution is 5.68. The molecule has 0 saturated carbocycles. The molecule has 0 aliphatic carbocycles. The van der Waals surface area contributed by atoms with Gasteiger partial charge in [-0.25, -0.2) is 0 Å². The summed E-state index contributed by atoms with van der Waals surface area (Å²) in [6.45, 7) is 2.46. The molecule has 0 N–H and O–H groups in total. The van der Waals surface area contributed by atoms with Crippen LogP contribution in [0.3, 0.4) is 0 Å². The molecule has 3 aromatic rings. The molecule has 0 unspecified atom stereocenters. The van der Waals surface area contributed by atoms with Gasteiger partial charge in [0.2, 0.25) is 0 Å². The van der Waals surface area contributed by atoms with Gasteiger partial charge in [-0.3, -0.25) is 14.9 Å². The Bertz CT molecular complexity index is 1230. The van der Waals surface area contributed by atoms with Crippen LogP contribution in [0.15, 0.2) is 53.3 Å². The first-order valence-electron chi connectivity index (χ1n) is 10.5. The number of anilines is 2. The van der Waals surface area contributed by atoms with Crippen molar-refractivity contribution in [3.63, 3.8) is 0 Å². The van der Waals surface area contributed by atoms with E-state index >= 15 is 0 Å². The second kappa shape index (κ2) is 9.29. The number of hydrogen-bond acceptors (Lipinski definition) is 8. The molecule has 10 nitrogen and oxygen atoms in total. The Balaban J connectivity index is 1.94. The summed E-state index contributed by atoms with van der Waals surface area (Å²) in [4.78, 5) is 28.4. The first-order chi connectivity index (χ1) is 15.9. The van der Waals surface area contributed by atoms with E-state index in [0.29, 0.717) is 43.4 Å². The van der Waals surface area contributed by atoms with Gasteiger partial charge in [-0.2, -0.15) is 9.78 Å². The van der Waals surface area contributed by atoms with Gasteiger partial charge in [0.15, 0.2) is 0 Å². The summed E-state index contributed by atoms with van der Waals surface area (Å²) in [7, 11) is 5.06. The molecule has 4 rings (SSSR count). The van der Waals surface area contributed by atoms with Crippen LogP contribution >= 0.6 is 0 Å². The van der Waals surface area contributed by atoms with Gasteiger partial charge in [0.05, 0.1) is 30.9 Å². The molecule has 2 aromatic carbocycles. The van der Waals surface area contributed by atoms with Crippen LogP contribution in [0.1, 0.15) is 0 Å². The molecule has 1 saturated heterocycles. The maximum absolute atomic E-state index is 13.4. The van der Waals surface area contributed by atoms with E-state index in [2.05, 4.69) is 10.00 Å². The lowest BCUT2D eigenvalue weighted by Gasteiger charge is -2.29. The first-order valence-corrected chi connectivity index (χ1v) is 10.5. The van der Waals surface area contributed by atoms with Gasteiger partial charge in [0, 0.05) is 44.5 Å². The quantitative estimate of drug-likeness (QED) is 0.416. The van der Waals surface area contributed by atoms with Crippen LogP contribution in [0.5, 0.6) is 5.75 Å². The number of nitrogens with zero attached hydrogens (tertiary/aromatic N) is 5. The van der Waals surface area contributed by atoms with Crippen molar-refractivity contribution >= 4 is 17.1 Å². The average molecular weight is 451 g/mol. The SMILES string of the molecule is COc1cccc(-c2cc(N(C)C)c(=O)n(-c3cc(N4CCOCC4)ccc3[N+](=O)[O-])n2)c1. The number of morpholine rings is 1. The number of aromatic nitrogens is 2. The molecular formula is C23H25N5O5. The smallest absolute Gasteiger partial charge is 0.295 e. The van der Waals surface area contributed by atoms with E-state index in [1.54, 1.807) is 50.4 Å². The standard InChI is InChI=1S/C23H25N5O5/c1-25(2)22-15-19(16-5-4-6-18(13-16)32-3)24-27(23(22)29)21-14-17(7-8-20(21)28(30)31)26-9-11-33-12-10-26/h4-8,13-15H,9-12H2,1-3H3. The number of benzene rings is 2. The fourth-order valence-corrected chi connectivity index (χ4v) is 3.74. The largest absolute Gasteiger partial charge is 0.497 e. The zero-order valence-corrected chi connectivity index (χ0v) is 18.7. The molecular weight excluding hydrogens is 426 g/mol. The summed E-state index contributed by atoms with van der Waals surface area (Å²) in [5.41, 5.74) is 1.80. The van der Waals surface area contributed by atoms with Crippen LogP contribution < -0.4 is 20.1 Å². The Morgan fingerprint density at radius 2 is 1.88 bits per heavy atom. The minimum Gasteiger partial charge on any atom is -0.497 e. The van der Waals surface area contributed by atoms with Crippen molar-refractivity contribution in [2.75, 3.05) is 57.3 Å². The van der Waals surface area contributed by atoms with Crippen molar-refractivity contribution in [1.29, 1.82) is 0 Å². The van der Waals surface area contributed by atoms with Crippen molar-refractivity contribution in [2.45, 2.75) is 0 Å². The second-order valence-electron chi connectivity index (χ2n) is 7.79. The van der Waals surface area contributed by atoms with Gasteiger partial charge in [-0.1, -0.05) is 12.1 Å². The summed E-state index contributed by atoms with van der Waals surface area (Å²) in [6.07, 6.45) is 0. The lowest BCUT2D eigenvalue weighted by Crippen LogP contribution is -2.36. The Morgan fingerprint density at radius 3 is 2.55 bits per heavy atom. The number of nitro benzene ring substituents is 1. The van der Waals surface area contributed by atoms with E-state index in [1.807, 2.05) is 18.2 Å². The molecule has 33 heavy (non-hydrogen) atoms. The average Bonchev–Trinajstić information content (AvgIpc) is 2.84. The van der Waals surface area contributed by atoms with Crippen LogP contribution in [0.4, 0.5) is 17.1 Å². The summed E-state index contributed by atoms with van der Waals surface area (Å²) in [5, 5.41) is 16.4. The van der Waals surface area contributed by atoms with Gasteiger partial charge in [0.25, 0.3) is 11.2 Å². The normalized spacial score (nSPS) is 13.6. The van der Waals surface area contributed by atoms with E-state index in [4.69, 9.17) is 9.47 Å². The van der Waals surface area contributed by atoms with Crippen molar-refractivity contribution in [3.8, 4) is 22.7 Å². The fourth-order valence-electron chi connectivity index (χ4n) is 3.74. The van der Waals surface area contributed by atoms with Gasteiger partial charge in [0.1, 0.15) is 17.1 Å². The van der Waals surface area contributed by atoms with E-state index in [-0.39, 0.29) is 11.4 Å². The third-order valence-electron chi connectivity index (χ3n) is 5.50. The highest BCUT2D eigenvalue weighted by atomic mass is 16.6. The summed E-state index contributed by atoms with van der Waals surface area (Å²) in [6, 6.07) is 13.7. The molecule has 0 radical (unpaired) electrons. The molecule has 0 spiro atoms. The van der Waals surface area contributed by atoms with E-state index in [1.165, 1.54) is 6.07 Å². The number of nitro groups is 1. The zero-order chi connectivity index (χ0) is 23.5. The highest BCUT2D eigenvalue weighted by Gasteiger charge is 2.23. The maximum Gasteiger partial charge on any atom is 0.295 e. The zero-order valence-electron chi connectivity index (χ0n) is 18.7.